The number of fused-ring (bicyclic) bond motifs is 1. The number of hydrogen-bond acceptors (Lipinski definition) is 5. The Hall–Kier alpha value is -3.00. The highest BCUT2D eigenvalue weighted by molar-refractivity contribution is 5.73. The fraction of sp³-hybridized carbons (Fsp3) is 0.524. The molecule has 2 aromatic heterocycles. The second-order valence-electron chi connectivity index (χ2n) is 7.78. The largest absolute Gasteiger partial charge is 0.490 e. The summed E-state index contributed by atoms with van der Waals surface area (Å²) in [7, 11) is 0. The molecule has 1 aliphatic heterocycles. The first-order valence-electron chi connectivity index (χ1n) is 10.4. The first kappa shape index (κ1) is 28.2. The molecule has 1 saturated carbocycles. The van der Waals surface area contributed by atoms with E-state index in [1.54, 1.807) is 6.26 Å². The lowest BCUT2D eigenvalue weighted by Crippen LogP contribution is -2.50. The van der Waals surface area contributed by atoms with E-state index in [1.165, 1.54) is 12.8 Å². The summed E-state index contributed by atoms with van der Waals surface area (Å²) >= 11 is 0. The summed E-state index contributed by atoms with van der Waals surface area (Å²) in [5, 5.41) is 14.2. The summed E-state index contributed by atoms with van der Waals surface area (Å²) < 4.78 is 77.4. The Labute approximate surface area is 195 Å². The van der Waals surface area contributed by atoms with E-state index in [0.29, 0.717) is 18.1 Å². The zero-order chi connectivity index (χ0) is 26.2. The second-order valence-corrected chi connectivity index (χ2v) is 7.78. The van der Waals surface area contributed by atoms with E-state index in [4.69, 9.17) is 29.0 Å². The minimum absolute atomic E-state index is 0.371. The van der Waals surface area contributed by atoms with Gasteiger partial charge in [0.1, 0.15) is 5.76 Å². The van der Waals surface area contributed by atoms with Gasteiger partial charge in [0.2, 0.25) is 0 Å². The number of morpholine rings is 1. The van der Waals surface area contributed by atoms with Gasteiger partial charge in [-0.1, -0.05) is 0 Å². The van der Waals surface area contributed by atoms with Gasteiger partial charge in [-0.25, -0.2) is 9.59 Å². The Bertz CT molecular complexity index is 890. The highest BCUT2D eigenvalue weighted by Crippen LogP contribution is 2.36. The number of alkyl halides is 6. The maximum absolute atomic E-state index is 10.6. The van der Waals surface area contributed by atoms with Gasteiger partial charge in [-0.15, -0.1) is 0 Å². The van der Waals surface area contributed by atoms with Crippen LogP contribution in [-0.2, 0) is 27.4 Å². The normalized spacial score (nSPS) is 22.3. The van der Waals surface area contributed by atoms with Crippen LogP contribution in [0.15, 0.2) is 47.3 Å². The average Bonchev–Trinajstić information content (AvgIpc) is 3.51. The van der Waals surface area contributed by atoms with Crippen molar-refractivity contribution in [3.05, 3.63) is 48.7 Å². The first-order valence-corrected chi connectivity index (χ1v) is 10.4. The fourth-order valence-corrected chi connectivity index (χ4v) is 3.89. The smallest absolute Gasteiger partial charge is 0.475 e. The molecule has 0 spiro atoms. The van der Waals surface area contributed by atoms with E-state index < -0.39 is 24.3 Å². The molecule has 2 N–H and O–H groups in total. The van der Waals surface area contributed by atoms with Gasteiger partial charge in [-0.05, 0) is 37.1 Å². The van der Waals surface area contributed by atoms with Crippen LogP contribution in [-0.4, -0.2) is 69.3 Å². The molecule has 0 radical (unpaired) electrons. The quantitative estimate of drug-likeness (QED) is 0.594. The van der Waals surface area contributed by atoms with Crippen LogP contribution in [0.25, 0.3) is 0 Å². The topological polar surface area (TPSA) is 105 Å². The monoisotopic (exact) mass is 514 g/mol. The van der Waals surface area contributed by atoms with Crippen molar-refractivity contribution in [1.82, 2.24) is 9.47 Å². The van der Waals surface area contributed by atoms with Crippen molar-refractivity contribution in [2.75, 3.05) is 13.2 Å². The van der Waals surface area contributed by atoms with Gasteiger partial charge in [-0.2, -0.15) is 26.3 Å². The molecule has 2 aliphatic rings. The van der Waals surface area contributed by atoms with E-state index >= 15 is 0 Å². The number of nitrogens with zero attached hydrogens (tertiary/aromatic N) is 2. The number of carbonyl (C=O) groups is 2. The van der Waals surface area contributed by atoms with Crippen molar-refractivity contribution in [2.24, 2.45) is 5.92 Å². The number of aromatic nitrogens is 1. The Kier molecular flexibility index (Phi) is 9.77. The minimum Gasteiger partial charge on any atom is -0.475 e. The Morgan fingerprint density at radius 1 is 0.971 bits per heavy atom. The molecule has 3 atom stereocenters. The number of aliphatic carboxylic acids is 2. The fourth-order valence-electron chi connectivity index (χ4n) is 3.89. The lowest BCUT2D eigenvalue weighted by molar-refractivity contribution is -0.193. The van der Waals surface area contributed by atoms with Gasteiger partial charge >= 0.3 is 24.3 Å². The molecule has 35 heavy (non-hydrogen) atoms. The molecule has 0 aromatic carbocycles. The predicted octanol–water partition coefficient (Wildman–Crippen LogP) is 4.03. The van der Waals surface area contributed by atoms with Gasteiger partial charge in [-0.3, -0.25) is 4.90 Å². The van der Waals surface area contributed by atoms with Crippen LogP contribution in [0.5, 0.6) is 0 Å². The van der Waals surface area contributed by atoms with Crippen molar-refractivity contribution in [1.29, 1.82) is 0 Å². The van der Waals surface area contributed by atoms with Gasteiger partial charge in [0.25, 0.3) is 0 Å². The van der Waals surface area contributed by atoms with Crippen LogP contribution in [0, 0.1) is 5.92 Å². The van der Waals surface area contributed by atoms with E-state index in [2.05, 4.69) is 40.1 Å². The van der Waals surface area contributed by atoms with Crippen LogP contribution < -0.4 is 0 Å². The van der Waals surface area contributed by atoms with E-state index in [0.717, 1.165) is 32.0 Å². The standard InChI is InChI=1S/C17H22N2O2.2C2HF3O2/c1-2-8-18(7-1)12-14-5-6-16-17(14)21-11-9-19(16)13-15-4-3-10-20-15;2*3-2(4,5)1(6)7/h1-4,7-8,10,14,16-17H,5-6,9,11-13H2;2*(H,6,7). The number of rotatable bonds is 4. The third kappa shape index (κ3) is 8.94. The third-order valence-electron chi connectivity index (χ3n) is 5.37. The van der Waals surface area contributed by atoms with Crippen LogP contribution >= 0.6 is 0 Å². The Morgan fingerprint density at radius 2 is 1.54 bits per heavy atom. The maximum atomic E-state index is 10.6. The zero-order valence-corrected chi connectivity index (χ0v) is 18.2. The molecular weight excluding hydrogens is 490 g/mol. The number of furan rings is 1. The van der Waals surface area contributed by atoms with E-state index in [-0.39, 0.29) is 0 Å². The molecular formula is C21H24F6N2O6. The second kappa shape index (κ2) is 12.1. The SMILES string of the molecule is O=C(O)C(F)(F)F.O=C(O)C(F)(F)F.c1coc(CN2CCOC3C(Cn4cccc4)CCC32)c1. The molecule has 14 heteroatoms. The summed E-state index contributed by atoms with van der Waals surface area (Å²) in [6, 6.07) is 8.77. The van der Waals surface area contributed by atoms with Crippen molar-refractivity contribution in [3.63, 3.8) is 0 Å². The van der Waals surface area contributed by atoms with Gasteiger partial charge < -0.3 is 23.9 Å². The summed E-state index contributed by atoms with van der Waals surface area (Å²) in [5.74, 6) is -3.83. The highest BCUT2D eigenvalue weighted by Gasteiger charge is 2.42. The first-order chi connectivity index (χ1) is 16.3. The molecule has 1 saturated heterocycles. The zero-order valence-electron chi connectivity index (χ0n) is 18.2. The Morgan fingerprint density at radius 3 is 2.03 bits per heavy atom. The van der Waals surface area contributed by atoms with Crippen LogP contribution in [0.1, 0.15) is 18.6 Å². The Balaban J connectivity index is 0.000000257. The van der Waals surface area contributed by atoms with Crippen LogP contribution in [0.3, 0.4) is 0 Å². The van der Waals surface area contributed by atoms with Crippen molar-refractivity contribution >= 4 is 11.9 Å². The summed E-state index contributed by atoms with van der Waals surface area (Å²) in [6.45, 7) is 3.83. The van der Waals surface area contributed by atoms with Crippen molar-refractivity contribution in [3.8, 4) is 0 Å². The molecule has 0 amide bonds. The molecule has 2 fully saturated rings. The van der Waals surface area contributed by atoms with E-state index in [1.807, 2.05) is 6.07 Å². The number of carboxylic acids is 2. The minimum atomic E-state index is -5.08. The van der Waals surface area contributed by atoms with Crippen LogP contribution in [0.4, 0.5) is 26.3 Å². The number of ether oxygens (including phenoxy) is 1. The molecule has 2 aromatic rings. The molecule has 3 heterocycles. The molecule has 196 valence electrons. The predicted molar refractivity (Wildman–Crippen MR) is 107 cm³/mol. The van der Waals surface area contributed by atoms with Gasteiger partial charge in [0.05, 0.1) is 25.5 Å². The lowest BCUT2D eigenvalue weighted by Gasteiger charge is -2.39. The van der Waals surface area contributed by atoms with Gasteiger partial charge in [0, 0.05) is 37.4 Å². The molecule has 8 nitrogen and oxygen atoms in total. The number of carboxylic acid groups (broad SMARTS) is 2. The molecule has 3 unspecified atom stereocenters. The van der Waals surface area contributed by atoms with E-state index in [9.17, 15) is 26.3 Å². The summed E-state index contributed by atoms with van der Waals surface area (Å²) in [6.07, 6.45) is -1.25. The summed E-state index contributed by atoms with van der Waals surface area (Å²) in [5.41, 5.74) is 0. The highest BCUT2D eigenvalue weighted by atomic mass is 19.4. The average molecular weight is 514 g/mol. The van der Waals surface area contributed by atoms with Crippen molar-refractivity contribution < 1.29 is 55.3 Å². The number of halogens is 6. The number of hydrogen-bond donors (Lipinski definition) is 2. The molecule has 1 aliphatic carbocycles. The third-order valence-corrected chi connectivity index (χ3v) is 5.37. The van der Waals surface area contributed by atoms with Crippen LogP contribution in [0.2, 0.25) is 0 Å². The summed E-state index contributed by atoms with van der Waals surface area (Å²) in [4.78, 5) is 20.3. The molecule has 4 rings (SSSR count). The lowest BCUT2D eigenvalue weighted by atomic mass is 10.0. The van der Waals surface area contributed by atoms with Crippen molar-refractivity contribution in [2.45, 2.75) is 50.4 Å². The maximum Gasteiger partial charge on any atom is 0.490 e. The van der Waals surface area contributed by atoms with Gasteiger partial charge in [0.15, 0.2) is 0 Å². The molecule has 0 bridgehead atoms.